The maximum absolute atomic E-state index is 12.6. The minimum Gasteiger partial charge on any atom is -0.497 e. The lowest BCUT2D eigenvalue weighted by Gasteiger charge is -2.13. The molecule has 4 rings (SSSR count). The van der Waals surface area contributed by atoms with Crippen molar-refractivity contribution in [2.75, 3.05) is 13.7 Å². The molecule has 1 amide bonds. The van der Waals surface area contributed by atoms with E-state index in [1.165, 1.54) is 6.21 Å². The molecule has 0 radical (unpaired) electrons. The monoisotopic (exact) mass is 502 g/mol. The predicted octanol–water partition coefficient (Wildman–Crippen LogP) is 5.88. The molecule has 1 N–H and O–H groups in total. The zero-order valence-corrected chi connectivity index (χ0v) is 20.4. The van der Waals surface area contributed by atoms with Gasteiger partial charge in [-0.2, -0.15) is 5.10 Å². The van der Waals surface area contributed by atoms with E-state index in [1.54, 1.807) is 62.6 Å². The topological polar surface area (TPSA) is 86.2 Å². The van der Waals surface area contributed by atoms with Gasteiger partial charge in [-0.25, -0.2) is 10.2 Å². The maximum atomic E-state index is 12.6. The van der Waals surface area contributed by atoms with E-state index < -0.39 is 5.97 Å². The number of carbonyl (C=O) groups is 2. The summed E-state index contributed by atoms with van der Waals surface area (Å²) in [4.78, 5) is 25.1. The summed E-state index contributed by atoms with van der Waals surface area (Å²) >= 11 is 6.42. The molecule has 0 saturated heterocycles. The molecule has 0 aliphatic rings. The highest BCUT2D eigenvalue weighted by Crippen LogP contribution is 2.37. The number of hydrogen-bond acceptors (Lipinski definition) is 6. The van der Waals surface area contributed by atoms with Crippen LogP contribution in [0, 0.1) is 0 Å². The molecule has 0 saturated carbocycles. The van der Waals surface area contributed by atoms with E-state index in [4.69, 9.17) is 25.8 Å². The number of amides is 1. The van der Waals surface area contributed by atoms with Gasteiger partial charge in [0.05, 0.1) is 30.5 Å². The average molecular weight is 503 g/mol. The zero-order chi connectivity index (χ0) is 25.5. The highest BCUT2D eigenvalue weighted by Gasteiger charge is 2.17. The smallest absolute Gasteiger partial charge is 0.343 e. The van der Waals surface area contributed by atoms with E-state index >= 15 is 0 Å². The summed E-state index contributed by atoms with van der Waals surface area (Å²) in [5.74, 6) is 0.0459. The maximum Gasteiger partial charge on any atom is 0.343 e. The fourth-order valence-corrected chi connectivity index (χ4v) is 3.72. The minimum atomic E-state index is -0.593. The second-order valence-electron chi connectivity index (χ2n) is 7.64. The third kappa shape index (κ3) is 5.82. The molecule has 0 aromatic heterocycles. The van der Waals surface area contributed by atoms with Gasteiger partial charge in [-0.1, -0.05) is 41.9 Å². The van der Waals surface area contributed by atoms with Crippen LogP contribution in [0.4, 0.5) is 0 Å². The summed E-state index contributed by atoms with van der Waals surface area (Å²) in [5, 5.41) is 6.20. The van der Waals surface area contributed by atoms with Crippen molar-refractivity contribution in [2.45, 2.75) is 6.92 Å². The number of ether oxygens (including phenoxy) is 3. The number of methoxy groups -OCH3 is 1. The standard InChI is InChI=1S/C28H23ClN2O5/c1-3-35-25-15-18(14-24(29)26(25)36-28(33)20-10-12-23(34-2)13-11-20)17-30-31-27(32)22-9-8-19-6-4-5-7-21(19)16-22/h4-17H,3H2,1-2H3,(H,31,32)/b30-17-. The predicted molar refractivity (Wildman–Crippen MR) is 140 cm³/mol. The van der Waals surface area contributed by atoms with Gasteiger partial charge >= 0.3 is 5.97 Å². The van der Waals surface area contributed by atoms with Crippen molar-refractivity contribution < 1.29 is 23.8 Å². The van der Waals surface area contributed by atoms with Crippen LogP contribution in [0.25, 0.3) is 10.8 Å². The summed E-state index contributed by atoms with van der Waals surface area (Å²) in [6.07, 6.45) is 1.43. The number of hydrogen-bond donors (Lipinski definition) is 1. The highest BCUT2D eigenvalue weighted by atomic mass is 35.5. The van der Waals surface area contributed by atoms with Gasteiger partial charge in [-0.15, -0.1) is 0 Å². The van der Waals surface area contributed by atoms with E-state index in [-0.39, 0.29) is 22.4 Å². The Morgan fingerprint density at radius 3 is 2.39 bits per heavy atom. The van der Waals surface area contributed by atoms with E-state index in [9.17, 15) is 9.59 Å². The van der Waals surface area contributed by atoms with Crippen molar-refractivity contribution >= 4 is 40.5 Å². The first kappa shape index (κ1) is 24.8. The van der Waals surface area contributed by atoms with E-state index in [2.05, 4.69) is 10.5 Å². The lowest BCUT2D eigenvalue weighted by atomic mass is 10.1. The van der Waals surface area contributed by atoms with Crippen LogP contribution in [0.3, 0.4) is 0 Å². The third-order valence-electron chi connectivity index (χ3n) is 5.24. The fraction of sp³-hybridized carbons (Fsp3) is 0.107. The number of halogens is 1. The molecule has 0 unspecified atom stereocenters. The Morgan fingerprint density at radius 1 is 0.944 bits per heavy atom. The van der Waals surface area contributed by atoms with E-state index in [1.807, 2.05) is 30.3 Å². The molecule has 0 aliphatic heterocycles. The number of fused-ring (bicyclic) bond motifs is 1. The lowest BCUT2D eigenvalue weighted by molar-refractivity contribution is 0.0728. The third-order valence-corrected chi connectivity index (χ3v) is 5.52. The Hall–Kier alpha value is -4.36. The molecule has 0 spiro atoms. The van der Waals surface area contributed by atoms with Gasteiger partial charge in [0, 0.05) is 5.56 Å². The van der Waals surface area contributed by atoms with Crippen molar-refractivity contribution in [1.82, 2.24) is 5.43 Å². The van der Waals surface area contributed by atoms with Crippen LogP contribution in [-0.2, 0) is 0 Å². The fourth-order valence-electron chi connectivity index (χ4n) is 3.46. The molecular formula is C28H23ClN2O5. The molecule has 0 aliphatic carbocycles. The first-order chi connectivity index (χ1) is 17.5. The molecule has 7 nitrogen and oxygen atoms in total. The van der Waals surface area contributed by atoms with Gasteiger partial charge in [0.15, 0.2) is 11.5 Å². The number of hydrazone groups is 1. The average Bonchev–Trinajstić information content (AvgIpc) is 2.90. The molecule has 0 heterocycles. The molecule has 182 valence electrons. The number of carbonyl (C=O) groups excluding carboxylic acids is 2. The molecule has 4 aromatic rings. The SMILES string of the molecule is CCOc1cc(/C=N\NC(=O)c2ccc3ccccc3c2)cc(Cl)c1OC(=O)c1ccc(OC)cc1. The molecular weight excluding hydrogens is 480 g/mol. The van der Waals surface area contributed by atoms with E-state index in [0.717, 1.165) is 10.8 Å². The Morgan fingerprint density at radius 2 is 1.67 bits per heavy atom. The minimum absolute atomic E-state index is 0.0942. The highest BCUT2D eigenvalue weighted by molar-refractivity contribution is 6.32. The molecule has 8 heteroatoms. The normalized spacial score (nSPS) is 10.9. The quantitative estimate of drug-likeness (QED) is 0.141. The van der Waals surface area contributed by atoms with Crippen molar-refractivity contribution in [3.8, 4) is 17.2 Å². The zero-order valence-electron chi connectivity index (χ0n) is 19.7. The second-order valence-corrected chi connectivity index (χ2v) is 8.05. The summed E-state index contributed by atoms with van der Waals surface area (Å²) in [6, 6.07) is 22.9. The van der Waals surface area contributed by atoms with Crippen LogP contribution in [0.2, 0.25) is 5.02 Å². The Labute approximate surface area is 213 Å². The number of esters is 1. The van der Waals surface area contributed by atoms with Gasteiger partial charge in [0.1, 0.15) is 5.75 Å². The summed E-state index contributed by atoms with van der Waals surface area (Å²) < 4.78 is 16.3. The largest absolute Gasteiger partial charge is 0.497 e. The second kappa shape index (κ2) is 11.4. The Bertz CT molecular complexity index is 1430. The summed E-state index contributed by atoms with van der Waals surface area (Å²) in [5.41, 5.74) is 3.88. The number of nitrogens with one attached hydrogen (secondary N) is 1. The molecule has 4 aromatic carbocycles. The van der Waals surface area contributed by atoms with Crippen molar-refractivity contribution in [3.05, 3.63) is 101 Å². The van der Waals surface area contributed by atoms with E-state index in [0.29, 0.717) is 29.0 Å². The summed E-state index contributed by atoms with van der Waals surface area (Å²) in [6.45, 7) is 2.12. The number of nitrogens with zero attached hydrogens (tertiary/aromatic N) is 1. The summed E-state index contributed by atoms with van der Waals surface area (Å²) in [7, 11) is 1.54. The molecule has 0 bridgehead atoms. The Kier molecular flexibility index (Phi) is 7.82. The van der Waals surface area contributed by atoms with Crippen LogP contribution in [0.1, 0.15) is 33.2 Å². The van der Waals surface area contributed by atoms with Gasteiger partial charge in [0.25, 0.3) is 5.91 Å². The number of rotatable bonds is 8. The van der Waals surface area contributed by atoms with Crippen molar-refractivity contribution in [1.29, 1.82) is 0 Å². The van der Waals surface area contributed by atoms with Crippen LogP contribution in [0.5, 0.6) is 17.2 Å². The van der Waals surface area contributed by atoms with Crippen LogP contribution in [-0.4, -0.2) is 31.8 Å². The number of benzene rings is 4. The Balaban J connectivity index is 1.49. The van der Waals surface area contributed by atoms with Crippen molar-refractivity contribution in [2.24, 2.45) is 5.10 Å². The van der Waals surface area contributed by atoms with Crippen LogP contribution < -0.4 is 19.6 Å². The first-order valence-corrected chi connectivity index (χ1v) is 11.5. The van der Waals surface area contributed by atoms with Crippen LogP contribution in [0.15, 0.2) is 84.0 Å². The molecule has 0 atom stereocenters. The van der Waals surface area contributed by atoms with Gasteiger partial charge in [-0.05, 0) is 71.8 Å². The van der Waals surface area contributed by atoms with Gasteiger partial charge < -0.3 is 14.2 Å². The van der Waals surface area contributed by atoms with Crippen molar-refractivity contribution in [3.63, 3.8) is 0 Å². The van der Waals surface area contributed by atoms with Gasteiger partial charge in [-0.3, -0.25) is 4.79 Å². The van der Waals surface area contributed by atoms with Crippen LogP contribution >= 0.6 is 11.6 Å². The molecule has 0 fully saturated rings. The first-order valence-electron chi connectivity index (χ1n) is 11.1. The van der Waals surface area contributed by atoms with Gasteiger partial charge in [0.2, 0.25) is 0 Å². The lowest BCUT2D eigenvalue weighted by Crippen LogP contribution is -2.17. The molecule has 36 heavy (non-hydrogen) atoms.